The second-order valence-electron chi connectivity index (χ2n) is 8.45. The van der Waals surface area contributed by atoms with Crippen LogP contribution in [0.4, 0.5) is 0 Å². The smallest absolute Gasteiger partial charge is 0.306 e. The zero-order valence-corrected chi connectivity index (χ0v) is 16.8. The molecule has 0 heterocycles. The molecule has 154 valence electrons. The molecule has 0 bridgehead atoms. The normalized spacial score (nSPS) is 29.5. The van der Waals surface area contributed by atoms with Gasteiger partial charge in [-0.25, -0.2) is 0 Å². The molecule has 1 fully saturated rings. The number of hydrogen-bond donors (Lipinski definition) is 4. The Bertz CT molecular complexity index is 400. The molecule has 1 rings (SSSR count). The number of carboxylic acids is 1. The summed E-state index contributed by atoms with van der Waals surface area (Å²) in [6.45, 7) is 5.93. The van der Waals surface area contributed by atoms with Gasteiger partial charge in [-0.2, -0.15) is 0 Å². The van der Waals surface area contributed by atoms with Gasteiger partial charge in [-0.1, -0.05) is 59.3 Å². The molecule has 1 aliphatic carbocycles. The van der Waals surface area contributed by atoms with Crippen LogP contribution in [0.2, 0.25) is 0 Å². The summed E-state index contributed by atoms with van der Waals surface area (Å²) in [6.07, 6.45) is 7.08. The van der Waals surface area contributed by atoms with Gasteiger partial charge in [0.25, 0.3) is 0 Å². The number of aliphatic carboxylic acids is 1. The fourth-order valence-corrected chi connectivity index (χ4v) is 4.38. The molecule has 1 saturated carbocycles. The van der Waals surface area contributed by atoms with Gasteiger partial charge in [0.2, 0.25) is 0 Å². The van der Waals surface area contributed by atoms with E-state index in [1.165, 1.54) is 0 Å². The first-order chi connectivity index (χ1) is 12.3. The predicted octanol–water partition coefficient (Wildman–Crippen LogP) is 3.59. The van der Waals surface area contributed by atoms with E-state index in [0.717, 1.165) is 51.4 Å². The lowest BCUT2D eigenvalue weighted by atomic mass is 9.79. The summed E-state index contributed by atoms with van der Waals surface area (Å²) in [6, 6.07) is 0. The van der Waals surface area contributed by atoms with Crippen molar-refractivity contribution in [3.05, 3.63) is 0 Å². The first kappa shape index (κ1) is 23.4. The molecule has 0 amide bonds. The van der Waals surface area contributed by atoms with Crippen molar-refractivity contribution in [3.63, 3.8) is 0 Å². The SMILES string of the molecule is CCCCCC(C)C(O)C1C(O)CC(O)C1CCCCCC(C)C(=O)O. The molecule has 0 spiro atoms. The summed E-state index contributed by atoms with van der Waals surface area (Å²) in [5.74, 6) is -1.25. The van der Waals surface area contributed by atoms with Crippen molar-refractivity contribution in [2.24, 2.45) is 23.7 Å². The quantitative estimate of drug-likeness (QED) is 0.370. The molecule has 5 heteroatoms. The molecule has 26 heavy (non-hydrogen) atoms. The second-order valence-corrected chi connectivity index (χ2v) is 8.45. The highest BCUT2D eigenvalue weighted by Gasteiger charge is 2.45. The second kappa shape index (κ2) is 11.9. The lowest BCUT2D eigenvalue weighted by Gasteiger charge is -2.32. The molecule has 5 nitrogen and oxygen atoms in total. The van der Waals surface area contributed by atoms with E-state index in [1.807, 2.05) is 6.92 Å². The first-order valence-corrected chi connectivity index (χ1v) is 10.6. The highest BCUT2D eigenvalue weighted by atomic mass is 16.4. The number of carboxylic acid groups (broad SMARTS) is 1. The van der Waals surface area contributed by atoms with Crippen LogP contribution in [0, 0.1) is 23.7 Å². The summed E-state index contributed by atoms with van der Waals surface area (Å²) in [4.78, 5) is 10.8. The zero-order chi connectivity index (χ0) is 19.7. The number of hydrogen-bond acceptors (Lipinski definition) is 4. The Hall–Kier alpha value is -0.650. The van der Waals surface area contributed by atoms with Crippen molar-refractivity contribution in [1.82, 2.24) is 0 Å². The number of aliphatic hydroxyl groups excluding tert-OH is 3. The average Bonchev–Trinajstić information content (AvgIpc) is 2.87. The van der Waals surface area contributed by atoms with Gasteiger partial charge in [0.15, 0.2) is 0 Å². The van der Waals surface area contributed by atoms with Crippen molar-refractivity contribution < 1.29 is 25.2 Å². The van der Waals surface area contributed by atoms with Crippen LogP contribution in [0.3, 0.4) is 0 Å². The van der Waals surface area contributed by atoms with E-state index in [-0.39, 0.29) is 23.7 Å². The predicted molar refractivity (Wildman–Crippen MR) is 103 cm³/mol. The minimum Gasteiger partial charge on any atom is -0.481 e. The van der Waals surface area contributed by atoms with Crippen LogP contribution >= 0.6 is 0 Å². The van der Waals surface area contributed by atoms with Gasteiger partial charge >= 0.3 is 5.97 Å². The third-order valence-electron chi connectivity index (χ3n) is 6.25. The van der Waals surface area contributed by atoms with Crippen molar-refractivity contribution in [2.75, 3.05) is 0 Å². The third-order valence-corrected chi connectivity index (χ3v) is 6.25. The maximum atomic E-state index is 10.8. The van der Waals surface area contributed by atoms with Gasteiger partial charge in [-0.05, 0) is 37.5 Å². The average molecular weight is 373 g/mol. The number of carbonyl (C=O) groups is 1. The number of aliphatic hydroxyl groups is 3. The van der Waals surface area contributed by atoms with Crippen LogP contribution in [0.1, 0.15) is 85.0 Å². The van der Waals surface area contributed by atoms with Crippen LogP contribution in [-0.4, -0.2) is 44.7 Å². The summed E-state index contributed by atoms with van der Waals surface area (Å²) < 4.78 is 0. The summed E-state index contributed by atoms with van der Waals surface area (Å²) in [7, 11) is 0. The van der Waals surface area contributed by atoms with E-state index >= 15 is 0 Å². The van der Waals surface area contributed by atoms with Gasteiger partial charge in [0, 0.05) is 5.92 Å². The van der Waals surface area contributed by atoms with Gasteiger partial charge in [-0.3, -0.25) is 4.79 Å². The van der Waals surface area contributed by atoms with E-state index in [1.54, 1.807) is 6.92 Å². The fourth-order valence-electron chi connectivity index (χ4n) is 4.38. The molecule has 0 saturated heterocycles. The summed E-state index contributed by atoms with van der Waals surface area (Å²) in [5.41, 5.74) is 0. The summed E-state index contributed by atoms with van der Waals surface area (Å²) in [5, 5.41) is 40.4. The number of rotatable bonds is 13. The van der Waals surface area contributed by atoms with E-state index in [9.17, 15) is 20.1 Å². The molecular weight excluding hydrogens is 332 g/mol. The standard InChI is InChI=1S/C21H40O5/c1-4-5-7-10-14(2)20(24)19-16(17(22)13-18(19)23)12-9-6-8-11-15(3)21(25)26/h14-20,22-24H,4-13H2,1-3H3,(H,25,26). The molecule has 1 aliphatic rings. The van der Waals surface area contributed by atoms with E-state index in [4.69, 9.17) is 5.11 Å². The first-order valence-electron chi connectivity index (χ1n) is 10.6. The van der Waals surface area contributed by atoms with Crippen LogP contribution in [0.25, 0.3) is 0 Å². The molecule has 7 atom stereocenters. The zero-order valence-electron chi connectivity index (χ0n) is 16.8. The van der Waals surface area contributed by atoms with Crippen LogP contribution in [0.5, 0.6) is 0 Å². The Balaban J connectivity index is 2.46. The Morgan fingerprint density at radius 2 is 1.65 bits per heavy atom. The topological polar surface area (TPSA) is 98.0 Å². The van der Waals surface area contributed by atoms with Crippen molar-refractivity contribution in [2.45, 2.75) is 103 Å². The molecule has 0 radical (unpaired) electrons. The molecule has 0 aromatic carbocycles. The largest absolute Gasteiger partial charge is 0.481 e. The Labute approximate surface area is 158 Å². The van der Waals surface area contributed by atoms with E-state index in [2.05, 4.69) is 6.92 Å². The van der Waals surface area contributed by atoms with E-state index < -0.39 is 24.3 Å². The maximum Gasteiger partial charge on any atom is 0.306 e. The molecule has 0 aromatic heterocycles. The minimum absolute atomic E-state index is 0.0643. The maximum absolute atomic E-state index is 10.8. The Morgan fingerprint density at radius 3 is 2.27 bits per heavy atom. The van der Waals surface area contributed by atoms with Crippen LogP contribution in [0.15, 0.2) is 0 Å². The monoisotopic (exact) mass is 372 g/mol. The Kier molecular flexibility index (Phi) is 10.7. The highest BCUT2D eigenvalue weighted by Crippen LogP contribution is 2.40. The fraction of sp³-hybridized carbons (Fsp3) is 0.952. The lowest BCUT2D eigenvalue weighted by molar-refractivity contribution is -0.141. The van der Waals surface area contributed by atoms with Crippen molar-refractivity contribution in [1.29, 1.82) is 0 Å². The van der Waals surface area contributed by atoms with Crippen molar-refractivity contribution in [3.8, 4) is 0 Å². The van der Waals surface area contributed by atoms with E-state index in [0.29, 0.717) is 12.8 Å². The van der Waals surface area contributed by atoms with Gasteiger partial charge in [-0.15, -0.1) is 0 Å². The molecule has 0 aromatic rings. The Morgan fingerprint density at radius 1 is 1.00 bits per heavy atom. The molecular formula is C21H40O5. The van der Waals surface area contributed by atoms with Gasteiger partial charge in [0.05, 0.1) is 24.2 Å². The minimum atomic E-state index is -0.750. The summed E-state index contributed by atoms with van der Waals surface area (Å²) >= 11 is 0. The lowest BCUT2D eigenvalue weighted by Crippen LogP contribution is -2.37. The van der Waals surface area contributed by atoms with Crippen molar-refractivity contribution >= 4 is 5.97 Å². The highest BCUT2D eigenvalue weighted by molar-refractivity contribution is 5.69. The van der Waals surface area contributed by atoms with Crippen LogP contribution < -0.4 is 0 Å². The third kappa shape index (κ3) is 7.16. The number of unbranched alkanes of at least 4 members (excludes halogenated alkanes) is 4. The molecule has 7 unspecified atom stereocenters. The molecule has 0 aliphatic heterocycles. The van der Waals surface area contributed by atoms with Gasteiger partial charge in [0.1, 0.15) is 0 Å². The van der Waals surface area contributed by atoms with Crippen LogP contribution in [-0.2, 0) is 4.79 Å². The molecule has 4 N–H and O–H groups in total. The van der Waals surface area contributed by atoms with Gasteiger partial charge < -0.3 is 20.4 Å².